The number of thiophene rings is 1. The molecule has 0 bridgehead atoms. The molecule has 3 nitrogen and oxygen atoms in total. The Bertz CT molecular complexity index is 662. The Morgan fingerprint density at radius 1 is 1.20 bits per heavy atom. The van der Waals surface area contributed by atoms with Crippen LogP contribution in [0.3, 0.4) is 0 Å². The van der Waals surface area contributed by atoms with E-state index in [0.717, 1.165) is 10.4 Å². The summed E-state index contributed by atoms with van der Waals surface area (Å²) in [6.07, 6.45) is 2.25. The Hall–Kier alpha value is -1.14. The predicted octanol–water partition coefficient (Wildman–Crippen LogP) is 3.53. The van der Waals surface area contributed by atoms with Crippen LogP contribution in [0.15, 0.2) is 47.2 Å². The fourth-order valence-electron chi connectivity index (χ4n) is 1.56. The average Bonchev–Trinajstić information content (AvgIpc) is 2.91. The SMILES string of the molecule is O=S(=O)(C=Cc1ccc(Cl)cc1)NCCc1cccs1. The van der Waals surface area contributed by atoms with Crippen LogP contribution in [0.1, 0.15) is 10.4 Å². The largest absolute Gasteiger partial charge is 0.233 e. The summed E-state index contributed by atoms with van der Waals surface area (Å²) < 4.78 is 26.1. The molecule has 2 rings (SSSR count). The van der Waals surface area contributed by atoms with Gasteiger partial charge in [0.15, 0.2) is 0 Å². The molecule has 0 aliphatic rings. The third-order valence-electron chi connectivity index (χ3n) is 2.56. The van der Waals surface area contributed by atoms with Crippen LogP contribution in [-0.4, -0.2) is 15.0 Å². The molecule has 1 aromatic heterocycles. The number of nitrogens with one attached hydrogen (secondary N) is 1. The lowest BCUT2D eigenvalue weighted by atomic mass is 10.2. The smallest absolute Gasteiger partial charge is 0.211 e. The lowest BCUT2D eigenvalue weighted by Crippen LogP contribution is -2.23. The zero-order valence-electron chi connectivity index (χ0n) is 10.6. The molecule has 0 fully saturated rings. The third kappa shape index (κ3) is 5.09. The van der Waals surface area contributed by atoms with Gasteiger partial charge in [-0.05, 0) is 41.6 Å². The average molecular weight is 328 g/mol. The molecular weight excluding hydrogens is 314 g/mol. The monoisotopic (exact) mass is 327 g/mol. The highest BCUT2D eigenvalue weighted by molar-refractivity contribution is 7.92. The highest BCUT2D eigenvalue weighted by Crippen LogP contribution is 2.11. The van der Waals surface area contributed by atoms with Crippen molar-refractivity contribution in [3.05, 3.63) is 62.6 Å². The van der Waals surface area contributed by atoms with Crippen LogP contribution in [-0.2, 0) is 16.4 Å². The minimum atomic E-state index is -3.40. The summed E-state index contributed by atoms with van der Waals surface area (Å²) in [4.78, 5) is 1.16. The fourth-order valence-corrected chi connectivity index (χ4v) is 3.22. The van der Waals surface area contributed by atoms with Crippen molar-refractivity contribution in [1.82, 2.24) is 4.72 Å². The zero-order chi connectivity index (χ0) is 14.4. The Kier molecular flexibility index (Phi) is 5.37. The molecule has 0 atom stereocenters. The Morgan fingerprint density at radius 2 is 1.95 bits per heavy atom. The predicted molar refractivity (Wildman–Crippen MR) is 85.4 cm³/mol. The molecule has 0 saturated carbocycles. The standard InChI is InChI=1S/C14H14ClNO2S2/c15-13-5-3-12(4-6-13)8-11-20(17,18)16-9-7-14-2-1-10-19-14/h1-6,8,10-11,16H,7,9H2. The van der Waals surface area contributed by atoms with E-state index in [-0.39, 0.29) is 0 Å². The van der Waals surface area contributed by atoms with E-state index >= 15 is 0 Å². The van der Waals surface area contributed by atoms with Crippen LogP contribution in [0.2, 0.25) is 5.02 Å². The molecule has 106 valence electrons. The molecule has 6 heteroatoms. The van der Waals surface area contributed by atoms with E-state index in [4.69, 9.17) is 11.6 Å². The van der Waals surface area contributed by atoms with E-state index in [1.54, 1.807) is 41.7 Å². The van der Waals surface area contributed by atoms with Crippen molar-refractivity contribution in [2.45, 2.75) is 6.42 Å². The van der Waals surface area contributed by atoms with Gasteiger partial charge in [0.25, 0.3) is 0 Å². The normalized spacial score (nSPS) is 12.1. The summed E-state index contributed by atoms with van der Waals surface area (Å²) in [5.74, 6) is 0. The van der Waals surface area contributed by atoms with Gasteiger partial charge in [0.05, 0.1) is 0 Å². The number of hydrogen-bond donors (Lipinski definition) is 1. The van der Waals surface area contributed by atoms with E-state index in [0.29, 0.717) is 18.0 Å². The van der Waals surface area contributed by atoms with E-state index in [1.807, 2.05) is 17.5 Å². The van der Waals surface area contributed by atoms with Crippen LogP contribution in [0.25, 0.3) is 6.08 Å². The van der Waals surface area contributed by atoms with Gasteiger partial charge in [-0.1, -0.05) is 29.8 Å². The van der Waals surface area contributed by atoms with Gasteiger partial charge in [0.1, 0.15) is 0 Å². The van der Waals surface area contributed by atoms with E-state index in [9.17, 15) is 8.42 Å². The lowest BCUT2D eigenvalue weighted by Gasteiger charge is -2.01. The maximum atomic E-state index is 11.8. The van der Waals surface area contributed by atoms with Gasteiger partial charge < -0.3 is 0 Å². The highest BCUT2D eigenvalue weighted by Gasteiger charge is 2.04. The maximum absolute atomic E-state index is 11.8. The van der Waals surface area contributed by atoms with Crippen molar-refractivity contribution in [2.75, 3.05) is 6.54 Å². The summed E-state index contributed by atoms with van der Waals surface area (Å²) in [6, 6.07) is 10.9. The Balaban J connectivity index is 1.88. The van der Waals surface area contributed by atoms with Crippen LogP contribution < -0.4 is 4.72 Å². The molecular formula is C14H14ClNO2S2. The van der Waals surface area contributed by atoms with Crippen LogP contribution in [0.4, 0.5) is 0 Å². The Labute approximate surface area is 128 Å². The maximum Gasteiger partial charge on any atom is 0.233 e. The van der Waals surface area contributed by atoms with Crippen molar-refractivity contribution < 1.29 is 8.42 Å². The van der Waals surface area contributed by atoms with Gasteiger partial charge in [-0.15, -0.1) is 11.3 Å². The van der Waals surface area contributed by atoms with Crippen molar-refractivity contribution in [1.29, 1.82) is 0 Å². The fraction of sp³-hybridized carbons (Fsp3) is 0.143. The molecule has 0 saturated heterocycles. The second kappa shape index (κ2) is 7.04. The molecule has 1 aromatic carbocycles. The van der Waals surface area contributed by atoms with E-state index in [2.05, 4.69) is 4.72 Å². The van der Waals surface area contributed by atoms with Gasteiger partial charge >= 0.3 is 0 Å². The van der Waals surface area contributed by atoms with Crippen molar-refractivity contribution in [2.24, 2.45) is 0 Å². The van der Waals surface area contributed by atoms with Gasteiger partial charge in [0, 0.05) is 21.9 Å². The molecule has 0 radical (unpaired) electrons. The van der Waals surface area contributed by atoms with Crippen LogP contribution in [0, 0.1) is 0 Å². The number of halogens is 1. The first-order chi connectivity index (χ1) is 9.55. The van der Waals surface area contributed by atoms with Crippen LogP contribution >= 0.6 is 22.9 Å². The first-order valence-corrected chi connectivity index (χ1v) is 8.81. The molecule has 0 aliphatic carbocycles. The summed E-state index contributed by atoms with van der Waals surface area (Å²) in [5.41, 5.74) is 0.790. The number of rotatable bonds is 6. The minimum Gasteiger partial charge on any atom is -0.211 e. The van der Waals surface area contributed by atoms with Gasteiger partial charge in [-0.2, -0.15) is 0 Å². The highest BCUT2D eigenvalue weighted by atomic mass is 35.5. The third-order valence-corrected chi connectivity index (χ3v) is 4.85. The second-order valence-electron chi connectivity index (χ2n) is 4.12. The van der Waals surface area contributed by atoms with Crippen LogP contribution in [0.5, 0.6) is 0 Å². The van der Waals surface area contributed by atoms with Crippen molar-refractivity contribution in [3.63, 3.8) is 0 Å². The summed E-state index contributed by atoms with van der Waals surface area (Å²) in [6.45, 7) is 0.397. The van der Waals surface area contributed by atoms with Crippen molar-refractivity contribution >= 4 is 39.0 Å². The number of benzene rings is 1. The molecule has 0 amide bonds. The van der Waals surface area contributed by atoms with E-state index in [1.165, 1.54) is 5.41 Å². The lowest BCUT2D eigenvalue weighted by molar-refractivity contribution is 0.591. The van der Waals surface area contributed by atoms with Gasteiger partial charge in [0.2, 0.25) is 10.0 Å². The molecule has 0 aliphatic heterocycles. The molecule has 0 spiro atoms. The molecule has 1 N–H and O–H groups in total. The molecule has 20 heavy (non-hydrogen) atoms. The summed E-state index contributed by atoms with van der Waals surface area (Å²) in [7, 11) is -3.40. The second-order valence-corrected chi connectivity index (χ2v) is 7.24. The molecule has 0 unspecified atom stereocenters. The van der Waals surface area contributed by atoms with Gasteiger partial charge in [-0.25, -0.2) is 13.1 Å². The first-order valence-electron chi connectivity index (χ1n) is 6.01. The van der Waals surface area contributed by atoms with E-state index < -0.39 is 10.0 Å². The summed E-state index contributed by atoms with van der Waals surface area (Å²) in [5, 5.41) is 3.77. The summed E-state index contributed by atoms with van der Waals surface area (Å²) >= 11 is 7.39. The zero-order valence-corrected chi connectivity index (χ0v) is 13.0. The first kappa shape index (κ1) is 15.3. The Morgan fingerprint density at radius 3 is 2.60 bits per heavy atom. The molecule has 1 heterocycles. The van der Waals surface area contributed by atoms with Gasteiger partial charge in [-0.3, -0.25) is 0 Å². The van der Waals surface area contributed by atoms with Crippen molar-refractivity contribution in [3.8, 4) is 0 Å². The number of hydrogen-bond acceptors (Lipinski definition) is 3. The number of sulfonamides is 1. The quantitative estimate of drug-likeness (QED) is 0.882. The minimum absolute atomic E-state index is 0.397. The topological polar surface area (TPSA) is 46.2 Å². The molecule has 2 aromatic rings.